The van der Waals surface area contributed by atoms with Crippen molar-refractivity contribution in [1.82, 2.24) is 0 Å². The van der Waals surface area contributed by atoms with Gasteiger partial charge in [-0.15, -0.1) is 0 Å². The smallest absolute Gasteiger partial charge is 0.349 e. The monoisotopic (exact) mass is 532 g/mol. The van der Waals surface area contributed by atoms with Gasteiger partial charge in [-0.1, -0.05) is 18.2 Å². The van der Waals surface area contributed by atoms with Gasteiger partial charge in [0.2, 0.25) is 35.0 Å². The largest absolute Gasteiger partial charge is 0.494 e. The Hall–Kier alpha value is -4.79. The Morgan fingerprint density at radius 2 is 1.66 bits per heavy atom. The summed E-state index contributed by atoms with van der Waals surface area (Å²) in [5.41, 5.74) is 7.32. The highest BCUT2D eigenvalue weighted by Gasteiger charge is 2.32. The molecule has 0 fully saturated rings. The second-order valence-corrected chi connectivity index (χ2v) is 7.79. The molecule has 1 heterocycles. The molecule has 0 aliphatic carbocycles. The molecule has 1 aliphatic heterocycles. The number of halogens is 5. The van der Waals surface area contributed by atoms with Crippen LogP contribution in [-0.2, 0) is 4.79 Å². The highest BCUT2D eigenvalue weighted by molar-refractivity contribution is 5.74. The molecule has 0 radical (unpaired) electrons. The van der Waals surface area contributed by atoms with Crippen LogP contribution in [0.25, 0.3) is 0 Å². The van der Waals surface area contributed by atoms with Crippen molar-refractivity contribution >= 4 is 5.97 Å². The predicted octanol–water partition coefficient (Wildman–Crippen LogP) is 4.98. The molecular weight excluding hydrogens is 515 g/mol. The Bertz CT molecular complexity index is 1470. The number of hydrogen-bond donors (Lipinski definition) is 1. The van der Waals surface area contributed by atoms with Crippen molar-refractivity contribution in [2.75, 3.05) is 13.2 Å². The van der Waals surface area contributed by atoms with Gasteiger partial charge in [0.15, 0.2) is 12.4 Å². The first kappa shape index (κ1) is 26.3. The van der Waals surface area contributed by atoms with E-state index in [1.54, 1.807) is 24.3 Å². The molecule has 12 heteroatoms. The third-order valence-electron chi connectivity index (χ3n) is 5.43. The van der Waals surface area contributed by atoms with E-state index in [0.29, 0.717) is 23.5 Å². The number of ether oxygens (including phenoxy) is 4. The molecule has 0 aromatic heterocycles. The van der Waals surface area contributed by atoms with Crippen LogP contribution in [0.2, 0.25) is 0 Å². The van der Waals surface area contributed by atoms with E-state index >= 15 is 0 Å². The van der Waals surface area contributed by atoms with E-state index in [1.165, 1.54) is 18.2 Å². The fourth-order valence-corrected chi connectivity index (χ4v) is 3.80. The highest BCUT2D eigenvalue weighted by Crippen LogP contribution is 2.44. The molecule has 7 nitrogen and oxygen atoms in total. The zero-order valence-corrected chi connectivity index (χ0v) is 19.5. The minimum Gasteiger partial charge on any atom is -0.494 e. The average molecular weight is 532 g/mol. The molecule has 38 heavy (non-hydrogen) atoms. The number of nitrogens with zero attached hydrogens (tertiary/aromatic N) is 1. The van der Waals surface area contributed by atoms with E-state index in [-0.39, 0.29) is 23.0 Å². The first-order valence-electron chi connectivity index (χ1n) is 10.9. The summed E-state index contributed by atoms with van der Waals surface area (Å²) in [5.74, 6) is -14.3. The van der Waals surface area contributed by atoms with Crippen molar-refractivity contribution in [2.45, 2.75) is 12.8 Å². The van der Waals surface area contributed by atoms with Crippen molar-refractivity contribution in [1.29, 1.82) is 5.26 Å². The SMILES string of the molecule is CCOc1cccc(C2C(C#N)=C(N)Oc3cc(OC(=O)COc4c(F)c(F)c(F)c(F)c4F)ccc32)c1. The van der Waals surface area contributed by atoms with Gasteiger partial charge in [-0.3, -0.25) is 0 Å². The van der Waals surface area contributed by atoms with Crippen LogP contribution in [0, 0.1) is 40.4 Å². The Balaban J connectivity index is 1.56. The van der Waals surface area contributed by atoms with Crippen molar-refractivity contribution in [2.24, 2.45) is 5.73 Å². The minimum absolute atomic E-state index is 0.107. The molecule has 0 bridgehead atoms. The van der Waals surface area contributed by atoms with Crippen LogP contribution in [0.15, 0.2) is 53.9 Å². The molecule has 3 aromatic rings. The lowest BCUT2D eigenvalue weighted by atomic mass is 9.83. The molecule has 0 amide bonds. The highest BCUT2D eigenvalue weighted by atomic mass is 19.2. The minimum atomic E-state index is -2.36. The summed E-state index contributed by atoms with van der Waals surface area (Å²) in [6.45, 7) is 1.08. The van der Waals surface area contributed by atoms with Gasteiger partial charge < -0.3 is 24.7 Å². The molecule has 1 atom stereocenters. The van der Waals surface area contributed by atoms with Crippen molar-refractivity contribution in [3.63, 3.8) is 0 Å². The van der Waals surface area contributed by atoms with Gasteiger partial charge >= 0.3 is 5.97 Å². The molecule has 0 saturated carbocycles. The maximum Gasteiger partial charge on any atom is 0.349 e. The summed E-state index contributed by atoms with van der Waals surface area (Å²) in [6, 6.07) is 13.2. The van der Waals surface area contributed by atoms with Crippen LogP contribution in [0.4, 0.5) is 22.0 Å². The van der Waals surface area contributed by atoms with Crippen LogP contribution >= 0.6 is 0 Å². The molecule has 0 spiro atoms. The molecular formula is C26H17F5N2O5. The van der Waals surface area contributed by atoms with Gasteiger partial charge in [0.1, 0.15) is 28.9 Å². The number of fused-ring (bicyclic) bond motifs is 1. The predicted molar refractivity (Wildman–Crippen MR) is 121 cm³/mol. The second-order valence-electron chi connectivity index (χ2n) is 7.79. The fourth-order valence-electron chi connectivity index (χ4n) is 3.80. The Labute approximate surface area is 212 Å². The first-order chi connectivity index (χ1) is 18.2. The van der Waals surface area contributed by atoms with Crippen LogP contribution in [-0.4, -0.2) is 19.2 Å². The number of allylic oxidation sites excluding steroid dienone is 1. The summed E-state index contributed by atoms with van der Waals surface area (Å²) in [6.07, 6.45) is 0. The van der Waals surface area contributed by atoms with Gasteiger partial charge in [0, 0.05) is 11.6 Å². The third kappa shape index (κ3) is 4.90. The number of nitriles is 1. The molecule has 2 N–H and O–H groups in total. The lowest BCUT2D eigenvalue weighted by Crippen LogP contribution is -2.22. The molecule has 4 rings (SSSR count). The number of nitrogens with two attached hydrogens (primary N) is 1. The van der Waals surface area contributed by atoms with Crippen LogP contribution in [0.1, 0.15) is 24.0 Å². The molecule has 1 aliphatic rings. The lowest BCUT2D eigenvalue weighted by Gasteiger charge is -2.27. The first-order valence-corrected chi connectivity index (χ1v) is 10.9. The number of benzene rings is 3. The zero-order valence-electron chi connectivity index (χ0n) is 19.5. The Kier molecular flexibility index (Phi) is 7.38. The summed E-state index contributed by atoms with van der Waals surface area (Å²) >= 11 is 0. The summed E-state index contributed by atoms with van der Waals surface area (Å²) < 4.78 is 87.9. The Morgan fingerprint density at radius 3 is 2.32 bits per heavy atom. The van der Waals surface area contributed by atoms with Crippen LogP contribution < -0.4 is 24.7 Å². The van der Waals surface area contributed by atoms with Gasteiger partial charge in [-0.05, 0) is 30.7 Å². The van der Waals surface area contributed by atoms with Gasteiger partial charge in [0.25, 0.3) is 0 Å². The second kappa shape index (κ2) is 10.7. The number of rotatable bonds is 7. The maximum atomic E-state index is 13.7. The number of carbonyl (C=O) groups excluding carboxylic acids is 1. The van der Waals surface area contributed by atoms with Crippen LogP contribution in [0.3, 0.4) is 0 Å². The van der Waals surface area contributed by atoms with Crippen molar-refractivity contribution in [3.05, 3.63) is 94.1 Å². The zero-order chi connectivity index (χ0) is 27.6. The van der Waals surface area contributed by atoms with Crippen molar-refractivity contribution < 1.29 is 45.7 Å². The molecule has 196 valence electrons. The van der Waals surface area contributed by atoms with E-state index in [2.05, 4.69) is 4.74 Å². The summed E-state index contributed by atoms with van der Waals surface area (Å²) in [7, 11) is 0. The van der Waals surface area contributed by atoms with Gasteiger partial charge in [0.05, 0.1) is 12.5 Å². The van der Waals surface area contributed by atoms with Gasteiger partial charge in [-0.25, -0.2) is 18.0 Å². The summed E-state index contributed by atoms with van der Waals surface area (Å²) in [4.78, 5) is 12.2. The van der Waals surface area contributed by atoms with Crippen LogP contribution in [0.5, 0.6) is 23.0 Å². The van der Waals surface area contributed by atoms with Crippen molar-refractivity contribution in [3.8, 4) is 29.1 Å². The number of esters is 1. The quantitative estimate of drug-likeness (QED) is 0.150. The number of carbonyl (C=O) groups is 1. The van der Waals surface area contributed by atoms with E-state index in [4.69, 9.17) is 19.9 Å². The normalized spacial score (nSPS) is 14.3. The number of hydrogen-bond acceptors (Lipinski definition) is 7. The average Bonchev–Trinajstić information content (AvgIpc) is 2.90. The molecule has 1 unspecified atom stereocenters. The third-order valence-corrected chi connectivity index (χ3v) is 5.43. The summed E-state index contributed by atoms with van der Waals surface area (Å²) in [5, 5.41) is 9.70. The Morgan fingerprint density at radius 1 is 0.974 bits per heavy atom. The van der Waals surface area contributed by atoms with E-state index in [0.717, 1.165) is 0 Å². The van der Waals surface area contributed by atoms with E-state index in [9.17, 15) is 32.0 Å². The lowest BCUT2D eigenvalue weighted by molar-refractivity contribution is -0.136. The standard InChI is InChI=1S/C26H17F5N2O5/c1-2-35-13-5-3-4-12(8-13)19-15-7-6-14(9-17(15)38-26(33)16(19)10-32)37-18(34)11-36-25-23(30)21(28)20(27)22(29)24(25)31/h3-9,19H,2,11,33H2,1H3. The topological polar surface area (TPSA) is 104 Å². The molecule has 0 saturated heterocycles. The van der Waals surface area contributed by atoms with Gasteiger partial charge in [-0.2, -0.15) is 14.0 Å². The van der Waals surface area contributed by atoms with E-state index < -0.39 is 53.3 Å². The maximum absolute atomic E-state index is 13.7. The fraction of sp³-hybridized carbons (Fsp3) is 0.154. The molecule has 3 aromatic carbocycles. The van der Waals surface area contributed by atoms with E-state index in [1.807, 2.05) is 13.0 Å².